The van der Waals surface area contributed by atoms with Crippen molar-refractivity contribution in [3.05, 3.63) is 22.4 Å². The molecule has 1 heterocycles. The Balaban J connectivity index is 2.12. The molecule has 1 aliphatic carbocycles. The van der Waals surface area contributed by atoms with Crippen LogP contribution in [0.1, 0.15) is 49.5 Å². The van der Waals surface area contributed by atoms with Gasteiger partial charge in [0.25, 0.3) is 5.91 Å². The average Bonchev–Trinajstić information content (AvgIpc) is 2.86. The van der Waals surface area contributed by atoms with Gasteiger partial charge in [-0.25, -0.2) is 4.79 Å². The van der Waals surface area contributed by atoms with E-state index in [1.165, 1.54) is 0 Å². The Kier molecular flexibility index (Phi) is 5.45. The van der Waals surface area contributed by atoms with Crippen LogP contribution in [-0.2, 0) is 11.3 Å². The maximum atomic E-state index is 12.4. The molecule has 2 N–H and O–H groups in total. The van der Waals surface area contributed by atoms with Gasteiger partial charge in [-0.3, -0.25) is 4.79 Å². The number of rotatable bonds is 5. The van der Waals surface area contributed by atoms with Gasteiger partial charge in [0.1, 0.15) is 11.7 Å². The summed E-state index contributed by atoms with van der Waals surface area (Å²) < 4.78 is 2.62. The summed E-state index contributed by atoms with van der Waals surface area (Å²) in [7, 11) is 0. The van der Waals surface area contributed by atoms with Crippen molar-refractivity contribution in [2.75, 3.05) is 0 Å². The molecule has 0 bridgehead atoms. The molecule has 1 amide bonds. The monoisotopic (exact) mass is 356 g/mol. The van der Waals surface area contributed by atoms with Crippen molar-refractivity contribution in [2.45, 2.75) is 51.6 Å². The maximum absolute atomic E-state index is 12.4. The second-order valence-electron chi connectivity index (χ2n) is 5.52. The molecular formula is C15H21BrN2O3. The fourth-order valence-corrected chi connectivity index (χ4v) is 3.45. The highest BCUT2D eigenvalue weighted by Gasteiger charge is 2.31. The number of nitrogens with zero attached hydrogens (tertiary/aromatic N) is 1. The minimum Gasteiger partial charge on any atom is -0.480 e. The Bertz CT molecular complexity index is 521. The van der Waals surface area contributed by atoms with Crippen LogP contribution in [0.4, 0.5) is 0 Å². The molecule has 1 aromatic rings. The van der Waals surface area contributed by atoms with Crippen molar-refractivity contribution in [1.29, 1.82) is 0 Å². The van der Waals surface area contributed by atoms with Crippen LogP contribution in [0.2, 0.25) is 0 Å². The van der Waals surface area contributed by atoms with Crippen LogP contribution in [0.3, 0.4) is 0 Å². The number of aromatic nitrogens is 1. The van der Waals surface area contributed by atoms with Gasteiger partial charge in [-0.15, -0.1) is 0 Å². The summed E-state index contributed by atoms with van der Waals surface area (Å²) in [6, 6.07) is 0.926. The Hall–Kier alpha value is -1.30. The fraction of sp³-hybridized carbons (Fsp3) is 0.600. The molecular weight excluding hydrogens is 336 g/mol. The van der Waals surface area contributed by atoms with Crippen LogP contribution >= 0.6 is 15.9 Å². The van der Waals surface area contributed by atoms with E-state index in [1.807, 2.05) is 13.1 Å². The Morgan fingerprint density at radius 2 is 2.10 bits per heavy atom. The van der Waals surface area contributed by atoms with Gasteiger partial charge in [0.05, 0.1) is 0 Å². The molecule has 2 rings (SSSR count). The highest BCUT2D eigenvalue weighted by molar-refractivity contribution is 9.10. The van der Waals surface area contributed by atoms with Gasteiger partial charge in [0.2, 0.25) is 0 Å². The Morgan fingerprint density at radius 3 is 2.67 bits per heavy atom. The molecule has 116 valence electrons. The Labute approximate surface area is 132 Å². The molecule has 1 aromatic heterocycles. The van der Waals surface area contributed by atoms with Gasteiger partial charge in [0.15, 0.2) is 0 Å². The van der Waals surface area contributed by atoms with Gasteiger partial charge in [0, 0.05) is 17.2 Å². The van der Waals surface area contributed by atoms with Gasteiger partial charge in [-0.05, 0) is 47.7 Å². The molecule has 0 aliphatic heterocycles. The number of carbonyl (C=O) groups is 2. The van der Waals surface area contributed by atoms with Gasteiger partial charge >= 0.3 is 5.97 Å². The summed E-state index contributed by atoms with van der Waals surface area (Å²) in [6.07, 6.45) is 6.81. The van der Waals surface area contributed by atoms with E-state index in [0.29, 0.717) is 12.2 Å². The number of halogens is 1. The molecule has 0 saturated heterocycles. The van der Waals surface area contributed by atoms with Crippen LogP contribution in [0.25, 0.3) is 0 Å². The summed E-state index contributed by atoms with van der Waals surface area (Å²) in [5.74, 6) is -1.22. The highest BCUT2D eigenvalue weighted by Crippen LogP contribution is 2.27. The van der Waals surface area contributed by atoms with E-state index >= 15 is 0 Å². The lowest BCUT2D eigenvalue weighted by molar-refractivity contribution is -0.141. The molecule has 1 unspecified atom stereocenters. The topological polar surface area (TPSA) is 71.3 Å². The van der Waals surface area contributed by atoms with Crippen LogP contribution < -0.4 is 5.32 Å². The number of amides is 1. The number of nitrogens with one attached hydrogen (secondary N) is 1. The molecule has 5 nitrogen and oxygen atoms in total. The number of aryl methyl sites for hydroxylation is 1. The third kappa shape index (κ3) is 3.87. The molecule has 1 atom stereocenters. The number of hydrogen-bond acceptors (Lipinski definition) is 2. The van der Waals surface area contributed by atoms with Crippen molar-refractivity contribution in [1.82, 2.24) is 9.88 Å². The number of hydrogen-bond donors (Lipinski definition) is 2. The number of carbonyl (C=O) groups excluding carboxylic acids is 1. The lowest BCUT2D eigenvalue weighted by Gasteiger charge is -2.28. The van der Waals surface area contributed by atoms with Crippen molar-refractivity contribution in [3.8, 4) is 0 Å². The van der Waals surface area contributed by atoms with Crippen molar-refractivity contribution in [3.63, 3.8) is 0 Å². The van der Waals surface area contributed by atoms with Crippen LogP contribution in [-0.4, -0.2) is 27.6 Å². The third-order valence-corrected chi connectivity index (χ3v) is 4.54. The average molecular weight is 357 g/mol. The highest BCUT2D eigenvalue weighted by atomic mass is 79.9. The van der Waals surface area contributed by atoms with Gasteiger partial charge < -0.3 is 15.0 Å². The zero-order valence-electron chi connectivity index (χ0n) is 12.1. The van der Waals surface area contributed by atoms with Crippen molar-refractivity contribution < 1.29 is 14.7 Å². The molecule has 0 radical (unpaired) electrons. The van der Waals surface area contributed by atoms with E-state index in [1.54, 1.807) is 10.6 Å². The molecule has 1 saturated carbocycles. The normalized spacial score (nSPS) is 17.4. The minimum atomic E-state index is -0.941. The number of aliphatic carboxylic acids is 1. The standard InChI is InChI=1S/C15H21BrN2O3/c1-2-18-9-11(16)8-12(18)14(19)17-13(15(20)21)10-6-4-3-5-7-10/h8-10,13H,2-7H2,1H3,(H,17,19)(H,20,21). The smallest absolute Gasteiger partial charge is 0.326 e. The number of carboxylic acid groups (broad SMARTS) is 1. The first-order valence-electron chi connectivity index (χ1n) is 7.42. The molecule has 1 aliphatic rings. The predicted octanol–water partition coefficient (Wildman–Crippen LogP) is 3.03. The van der Waals surface area contributed by atoms with E-state index in [4.69, 9.17) is 0 Å². The minimum absolute atomic E-state index is 0.0358. The number of carboxylic acids is 1. The van der Waals surface area contributed by atoms with Crippen LogP contribution in [0.5, 0.6) is 0 Å². The lowest BCUT2D eigenvalue weighted by atomic mass is 9.84. The summed E-state index contributed by atoms with van der Waals surface area (Å²) in [6.45, 7) is 2.61. The van der Waals surface area contributed by atoms with Crippen molar-refractivity contribution in [2.24, 2.45) is 5.92 Å². The van der Waals surface area contributed by atoms with E-state index in [0.717, 1.165) is 36.6 Å². The molecule has 6 heteroatoms. The first-order valence-corrected chi connectivity index (χ1v) is 8.21. The van der Waals surface area contributed by atoms with E-state index in [9.17, 15) is 14.7 Å². The van der Waals surface area contributed by atoms with Crippen molar-refractivity contribution >= 4 is 27.8 Å². The maximum Gasteiger partial charge on any atom is 0.326 e. The molecule has 0 spiro atoms. The summed E-state index contributed by atoms with van der Waals surface area (Å²) >= 11 is 3.35. The first kappa shape index (κ1) is 16.1. The second-order valence-corrected chi connectivity index (χ2v) is 6.43. The Morgan fingerprint density at radius 1 is 1.43 bits per heavy atom. The van der Waals surface area contributed by atoms with E-state index < -0.39 is 12.0 Å². The zero-order valence-corrected chi connectivity index (χ0v) is 13.7. The largest absolute Gasteiger partial charge is 0.480 e. The summed E-state index contributed by atoms with van der Waals surface area (Å²) in [5, 5.41) is 12.1. The second kappa shape index (κ2) is 7.11. The van der Waals surface area contributed by atoms with Crippen LogP contribution in [0.15, 0.2) is 16.7 Å². The third-order valence-electron chi connectivity index (χ3n) is 4.11. The summed E-state index contributed by atoms with van der Waals surface area (Å²) in [4.78, 5) is 23.9. The lowest BCUT2D eigenvalue weighted by Crippen LogP contribution is -2.47. The van der Waals surface area contributed by atoms with Crippen LogP contribution in [0, 0.1) is 5.92 Å². The van der Waals surface area contributed by atoms with Gasteiger partial charge in [-0.2, -0.15) is 0 Å². The molecule has 0 aromatic carbocycles. The van der Waals surface area contributed by atoms with E-state index in [-0.39, 0.29) is 11.8 Å². The molecule has 21 heavy (non-hydrogen) atoms. The SMILES string of the molecule is CCn1cc(Br)cc1C(=O)NC(C(=O)O)C1CCCCC1. The molecule has 1 fully saturated rings. The zero-order chi connectivity index (χ0) is 15.4. The van der Waals surface area contributed by atoms with E-state index in [2.05, 4.69) is 21.2 Å². The quantitative estimate of drug-likeness (QED) is 0.851. The summed E-state index contributed by atoms with van der Waals surface area (Å²) in [5.41, 5.74) is 0.492. The first-order chi connectivity index (χ1) is 10.0. The predicted molar refractivity (Wildman–Crippen MR) is 83.3 cm³/mol. The fourth-order valence-electron chi connectivity index (χ4n) is 2.99. The van der Waals surface area contributed by atoms with Gasteiger partial charge in [-0.1, -0.05) is 19.3 Å².